The van der Waals surface area contributed by atoms with E-state index in [9.17, 15) is 9.59 Å². The molecule has 7 heteroatoms. The molecule has 1 atom stereocenters. The van der Waals surface area contributed by atoms with Crippen LogP contribution in [-0.4, -0.2) is 49.8 Å². The minimum atomic E-state index is -0.0481. The van der Waals surface area contributed by atoms with Crippen LogP contribution in [-0.2, 0) is 11.2 Å². The minimum absolute atomic E-state index is 0.0200. The highest BCUT2D eigenvalue weighted by Crippen LogP contribution is 2.32. The maximum absolute atomic E-state index is 12.7. The first-order chi connectivity index (χ1) is 16.1. The van der Waals surface area contributed by atoms with Crippen LogP contribution in [0.4, 0.5) is 0 Å². The summed E-state index contributed by atoms with van der Waals surface area (Å²) in [6, 6.07) is 15.1. The van der Waals surface area contributed by atoms with E-state index in [4.69, 9.17) is 4.98 Å². The zero-order chi connectivity index (χ0) is 22.8. The molecule has 1 aliphatic rings. The van der Waals surface area contributed by atoms with E-state index in [1.165, 1.54) is 6.08 Å². The first-order valence-corrected chi connectivity index (χ1v) is 10.9. The number of hydrogen-bond acceptors (Lipinski definition) is 5. The molecule has 0 bridgehead atoms. The molecule has 5 rings (SSSR count). The van der Waals surface area contributed by atoms with Crippen molar-refractivity contribution < 1.29 is 9.59 Å². The van der Waals surface area contributed by atoms with Crippen LogP contribution < -0.4 is 0 Å². The molecule has 0 aliphatic carbocycles. The molecule has 4 heterocycles. The number of carbonyl (C=O) groups excluding carboxylic acids is 2. The zero-order valence-electron chi connectivity index (χ0n) is 18.1. The number of rotatable bonds is 6. The Bertz CT molecular complexity index is 1330. The van der Waals surface area contributed by atoms with E-state index < -0.39 is 0 Å². The van der Waals surface area contributed by atoms with E-state index in [1.54, 1.807) is 17.3 Å². The van der Waals surface area contributed by atoms with Crippen LogP contribution in [0.1, 0.15) is 34.1 Å². The summed E-state index contributed by atoms with van der Waals surface area (Å²) in [6.07, 6.45) is 5.96. The van der Waals surface area contributed by atoms with Crippen molar-refractivity contribution in [2.24, 2.45) is 0 Å². The summed E-state index contributed by atoms with van der Waals surface area (Å²) in [5.41, 5.74) is 4.86. The summed E-state index contributed by atoms with van der Waals surface area (Å²) in [5.74, 6) is 0.130. The van der Waals surface area contributed by atoms with Crippen LogP contribution in [0.25, 0.3) is 22.2 Å². The predicted octanol–water partition coefficient (Wildman–Crippen LogP) is 3.95. The van der Waals surface area contributed by atoms with Crippen molar-refractivity contribution in [3.05, 3.63) is 90.5 Å². The fourth-order valence-corrected chi connectivity index (χ4v) is 4.30. The van der Waals surface area contributed by atoms with Crippen molar-refractivity contribution in [3.8, 4) is 11.3 Å². The lowest BCUT2D eigenvalue weighted by molar-refractivity contribution is -0.125. The molecular weight excluding hydrogens is 414 g/mol. The van der Waals surface area contributed by atoms with Crippen molar-refractivity contribution in [1.29, 1.82) is 0 Å². The van der Waals surface area contributed by atoms with Crippen LogP contribution in [0, 0.1) is 0 Å². The topological polar surface area (TPSA) is 91.8 Å². The Morgan fingerprint density at radius 3 is 2.79 bits per heavy atom. The Labute approximate surface area is 191 Å². The van der Waals surface area contributed by atoms with Gasteiger partial charge < -0.3 is 4.90 Å². The number of nitrogens with zero attached hydrogens (tertiary/aromatic N) is 4. The molecule has 164 valence electrons. The second-order valence-corrected chi connectivity index (χ2v) is 8.20. The number of pyridine rings is 2. The molecule has 7 nitrogen and oxygen atoms in total. The van der Waals surface area contributed by atoms with E-state index in [1.807, 2.05) is 48.5 Å². The third kappa shape index (κ3) is 4.17. The number of ketones is 1. The van der Waals surface area contributed by atoms with Crippen LogP contribution in [0.3, 0.4) is 0 Å². The number of likely N-dealkylation sites (tertiary alicyclic amines) is 1. The summed E-state index contributed by atoms with van der Waals surface area (Å²) in [7, 11) is 0. The highest BCUT2D eigenvalue weighted by atomic mass is 16.2. The van der Waals surface area contributed by atoms with Gasteiger partial charge in [0.05, 0.1) is 23.8 Å². The molecule has 3 aromatic heterocycles. The number of aromatic amines is 1. The lowest BCUT2D eigenvalue weighted by atomic mass is 9.99. The van der Waals surface area contributed by atoms with Crippen LogP contribution in [0.5, 0.6) is 0 Å². The number of hydrogen-bond donors (Lipinski definition) is 1. The molecule has 4 aromatic rings. The van der Waals surface area contributed by atoms with Gasteiger partial charge >= 0.3 is 0 Å². The van der Waals surface area contributed by atoms with Crippen LogP contribution >= 0.6 is 0 Å². The van der Waals surface area contributed by atoms with E-state index in [0.717, 1.165) is 40.0 Å². The maximum atomic E-state index is 12.7. The van der Waals surface area contributed by atoms with E-state index in [0.29, 0.717) is 18.7 Å². The number of fused-ring (bicyclic) bond motifs is 1. The van der Waals surface area contributed by atoms with Crippen molar-refractivity contribution in [1.82, 2.24) is 25.1 Å². The molecule has 1 unspecified atom stereocenters. The molecule has 1 amide bonds. The summed E-state index contributed by atoms with van der Waals surface area (Å²) in [6.45, 7) is 4.91. The van der Waals surface area contributed by atoms with Gasteiger partial charge in [-0.15, -0.1) is 0 Å². The van der Waals surface area contributed by atoms with Crippen molar-refractivity contribution in [3.63, 3.8) is 0 Å². The molecule has 1 saturated heterocycles. The normalized spacial score (nSPS) is 15.6. The summed E-state index contributed by atoms with van der Waals surface area (Å²) >= 11 is 0. The maximum Gasteiger partial charge on any atom is 0.245 e. The fourth-order valence-electron chi connectivity index (χ4n) is 4.30. The Balaban J connectivity index is 1.42. The fraction of sp³-hybridized carbons (Fsp3) is 0.192. The molecule has 1 N–H and O–H groups in total. The standard InChI is InChI=1S/C26H23N5O2/c1-2-24(33)31-12-10-19(16-31)22-13-20-15-28-30-26(20)25(29-22)18-8-6-17(7-9-18)23(32)14-21-5-3-4-11-27-21/h2-9,11,13,15,19H,1,10,12,14,16H2,(H,28,30). The van der Waals surface area contributed by atoms with Gasteiger partial charge in [-0.1, -0.05) is 36.9 Å². The van der Waals surface area contributed by atoms with Crippen molar-refractivity contribution in [2.45, 2.75) is 18.8 Å². The molecule has 0 radical (unpaired) electrons. The Morgan fingerprint density at radius 1 is 1.18 bits per heavy atom. The number of Topliss-reactive ketones (excluding diaryl/α,β-unsaturated/α-hetero) is 1. The Kier molecular flexibility index (Phi) is 5.52. The third-order valence-electron chi connectivity index (χ3n) is 6.09. The number of aromatic nitrogens is 4. The van der Waals surface area contributed by atoms with E-state index in [-0.39, 0.29) is 24.0 Å². The largest absolute Gasteiger partial charge is 0.338 e. The van der Waals surface area contributed by atoms with Gasteiger partial charge in [-0.2, -0.15) is 5.10 Å². The molecule has 1 fully saturated rings. The second-order valence-electron chi connectivity index (χ2n) is 8.20. The van der Waals surface area contributed by atoms with E-state index in [2.05, 4.69) is 21.8 Å². The summed E-state index contributed by atoms with van der Waals surface area (Å²) in [4.78, 5) is 35.7. The first kappa shape index (κ1) is 20.8. The van der Waals surface area contributed by atoms with Gasteiger partial charge in [-0.3, -0.25) is 24.7 Å². The lowest BCUT2D eigenvalue weighted by Crippen LogP contribution is -2.26. The number of benzene rings is 1. The average molecular weight is 438 g/mol. The number of amides is 1. The minimum Gasteiger partial charge on any atom is -0.338 e. The quantitative estimate of drug-likeness (QED) is 0.364. The van der Waals surface area contributed by atoms with Gasteiger partial charge in [0.15, 0.2) is 5.78 Å². The predicted molar refractivity (Wildman–Crippen MR) is 126 cm³/mol. The molecule has 1 aliphatic heterocycles. The van der Waals surface area contributed by atoms with Crippen molar-refractivity contribution in [2.75, 3.05) is 13.1 Å². The third-order valence-corrected chi connectivity index (χ3v) is 6.09. The monoisotopic (exact) mass is 437 g/mol. The highest BCUT2D eigenvalue weighted by molar-refractivity contribution is 5.98. The average Bonchev–Trinajstić information content (AvgIpc) is 3.53. The Morgan fingerprint density at radius 2 is 2.03 bits per heavy atom. The van der Waals surface area contributed by atoms with E-state index >= 15 is 0 Å². The van der Waals surface area contributed by atoms with Gasteiger partial charge in [0.2, 0.25) is 5.91 Å². The van der Waals surface area contributed by atoms with Gasteiger partial charge in [-0.25, -0.2) is 0 Å². The summed E-state index contributed by atoms with van der Waals surface area (Å²) < 4.78 is 0. The van der Waals surface area contributed by atoms with Gasteiger partial charge in [0.25, 0.3) is 0 Å². The van der Waals surface area contributed by atoms with Crippen LogP contribution in [0.15, 0.2) is 73.6 Å². The molecule has 1 aromatic carbocycles. The number of nitrogens with one attached hydrogen (secondary N) is 1. The first-order valence-electron chi connectivity index (χ1n) is 10.9. The van der Waals surface area contributed by atoms with Gasteiger partial charge in [0.1, 0.15) is 0 Å². The van der Waals surface area contributed by atoms with Crippen molar-refractivity contribution >= 4 is 22.6 Å². The Hall–Kier alpha value is -4.13. The van der Waals surface area contributed by atoms with Crippen LogP contribution in [0.2, 0.25) is 0 Å². The van der Waals surface area contributed by atoms with Gasteiger partial charge in [0, 0.05) is 53.1 Å². The zero-order valence-corrected chi connectivity index (χ0v) is 18.1. The van der Waals surface area contributed by atoms with Gasteiger partial charge in [-0.05, 0) is 30.7 Å². The molecule has 33 heavy (non-hydrogen) atoms. The molecule has 0 saturated carbocycles. The SMILES string of the molecule is C=CC(=O)N1CCC(c2cc3cn[nH]c3c(-c3ccc(C(=O)Cc4ccccn4)cc3)n2)C1. The smallest absolute Gasteiger partial charge is 0.245 e. The molecular formula is C26H23N5O2. The number of H-pyrrole nitrogens is 1. The highest BCUT2D eigenvalue weighted by Gasteiger charge is 2.28. The summed E-state index contributed by atoms with van der Waals surface area (Å²) in [5, 5.41) is 8.22. The number of carbonyl (C=O) groups is 2. The second kappa shape index (κ2) is 8.78. The lowest BCUT2D eigenvalue weighted by Gasteiger charge is -2.15. The molecule has 0 spiro atoms.